The molecule has 5 N–H and O–H groups in total. The molecule has 2 saturated carbocycles. The number of benzene rings is 1. The molecule has 12 nitrogen and oxygen atoms in total. The number of nitrogens with zero attached hydrogens (tertiary/aromatic N) is 1. The number of ketones is 4. The van der Waals surface area contributed by atoms with E-state index in [0.29, 0.717) is 11.1 Å². The van der Waals surface area contributed by atoms with Crippen molar-refractivity contribution in [2.75, 3.05) is 26.9 Å². The lowest BCUT2D eigenvalue weighted by molar-refractivity contribution is -0.203. The Hall–Kier alpha value is -3.44. The molecule has 214 valence electrons. The van der Waals surface area contributed by atoms with Crippen molar-refractivity contribution < 1.29 is 42.6 Å². The van der Waals surface area contributed by atoms with E-state index in [-0.39, 0.29) is 24.9 Å². The number of likely N-dealkylation sites (N-methyl/N-ethyl adjacent to an activating group) is 1. The highest BCUT2D eigenvalue weighted by Gasteiger charge is 2.76. The van der Waals surface area contributed by atoms with E-state index in [2.05, 4.69) is 16.6 Å². The van der Waals surface area contributed by atoms with E-state index in [1.54, 1.807) is 6.92 Å². The number of rotatable bonds is 4. The zero-order valence-corrected chi connectivity index (χ0v) is 23.5. The molecule has 2 unspecified atom stereocenters. The van der Waals surface area contributed by atoms with E-state index < -0.39 is 79.1 Å². The Balaban J connectivity index is 1.90. The minimum atomic E-state index is -3.49. The summed E-state index contributed by atoms with van der Waals surface area (Å²) in [5.41, 5.74) is -0.0290. The summed E-state index contributed by atoms with van der Waals surface area (Å²) in [6, 6.07) is 1.42. The quantitative estimate of drug-likeness (QED) is 0.244. The van der Waals surface area contributed by atoms with E-state index in [9.17, 15) is 42.6 Å². The Bertz CT molecular complexity index is 1560. The number of phenolic OH excluding ortho intramolecular Hbond substituents is 1. The van der Waals surface area contributed by atoms with Crippen LogP contribution in [-0.2, 0) is 35.6 Å². The molecule has 0 heterocycles. The Labute approximate surface area is 231 Å². The van der Waals surface area contributed by atoms with Gasteiger partial charge < -0.3 is 15.9 Å². The summed E-state index contributed by atoms with van der Waals surface area (Å²) >= 11 is 0. The fourth-order valence-electron chi connectivity index (χ4n) is 7.14. The second-order valence-electron chi connectivity index (χ2n) is 11.6. The summed E-state index contributed by atoms with van der Waals surface area (Å²) in [4.78, 5) is 68.6. The van der Waals surface area contributed by atoms with Gasteiger partial charge in [-0.15, -0.1) is 0 Å². The van der Waals surface area contributed by atoms with Crippen LogP contribution in [0.3, 0.4) is 0 Å². The van der Waals surface area contributed by atoms with Crippen LogP contribution in [0, 0.1) is 34.5 Å². The minimum absolute atomic E-state index is 0.00977. The number of sulfonamides is 1. The first-order chi connectivity index (χ1) is 18.3. The largest absolute Gasteiger partial charge is 0.507 e. The fourth-order valence-corrected chi connectivity index (χ4v) is 7.48. The van der Waals surface area contributed by atoms with Gasteiger partial charge in [-0.25, -0.2) is 13.1 Å². The SMILES string of the molecule is CN(C)[C@@H]1C(=O)C(C(N)=O)C(=O)[C@@]2(O)C(=O)C3C(=O)c4c(O)ccc(C#CCNS(C)(=O)=O)c4C[C@@]3(C)C[C@@]12C. The van der Waals surface area contributed by atoms with Gasteiger partial charge in [0.15, 0.2) is 34.7 Å². The van der Waals surface area contributed by atoms with Gasteiger partial charge >= 0.3 is 0 Å². The third-order valence-electron chi connectivity index (χ3n) is 8.52. The predicted octanol–water partition coefficient (Wildman–Crippen LogP) is -1.45. The number of phenols is 1. The summed E-state index contributed by atoms with van der Waals surface area (Å²) in [5, 5.41) is 22.6. The van der Waals surface area contributed by atoms with E-state index >= 15 is 0 Å². The Kier molecular flexibility index (Phi) is 6.87. The second-order valence-corrected chi connectivity index (χ2v) is 13.5. The molecule has 1 amide bonds. The van der Waals surface area contributed by atoms with Crippen molar-refractivity contribution in [1.29, 1.82) is 0 Å². The standard InChI is InChI=1S/C27H31N3O9S/c1-25-11-14-13(7-6-10-29-40(5,38)39)8-9-15(31)16(14)19(32)18(25)23(35)27(37)22(34)17(24(28)36)20(33)21(30(3)4)26(27,2)12-25/h8-9,17-18,21,29,31,37H,10-12H2,1-5H3,(H2,28,36)/t17?,18?,21-,25+,26+,27-/m1/s1. The number of carbonyl (C=O) groups is 5. The van der Waals surface area contributed by atoms with Crippen LogP contribution in [0.15, 0.2) is 12.1 Å². The van der Waals surface area contributed by atoms with Crippen LogP contribution < -0.4 is 10.5 Å². The number of aliphatic hydroxyl groups is 1. The molecule has 4 rings (SSSR count). The average molecular weight is 574 g/mol. The lowest BCUT2D eigenvalue weighted by Crippen LogP contribution is -2.79. The number of hydrogen-bond donors (Lipinski definition) is 4. The first kappa shape index (κ1) is 29.5. The van der Waals surface area contributed by atoms with E-state index in [1.807, 2.05) is 0 Å². The van der Waals surface area contributed by atoms with Gasteiger partial charge in [0.25, 0.3) is 0 Å². The van der Waals surface area contributed by atoms with Crippen molar-refractivity contribution in [2.24, 2.45) is 28.4 Å². The molecule has 0 radical (unpaired) electrons. The number of nitrogens with one attached hydrogen (secondary N) is 1. The molecule has 0 aromatic heterocycles. The third-order valence-corrected chi connectivity index (χ3v) is 9.19. The normalized spacial score (nSPS) is 33.5. The number of fused-ring (bicyclic) bond motifs is 3. The van der Waals surface area contributed by atoms with Gasteiger partial charge in [-0.05, 0) is 50.0 Å². The molecule has 13 heteroatoms. The zero-order valence-electron chi connectivity index (χ0n) is 22.7. The number of Topliss-reactive ketones (excluding diaryl/α,β-unsaturated/α-hetero) is 4. The van der Waals surface area contributed by atoms with E-state index in [4.69, 9.17) is 5.73 Å². The van der Waals surface area contributed by atoms with Crippen molar-refractivity contribution in [3.63, 3.8) is 0 Å². The van der Waals surface area contributed by atoms with Crippen LogP contribution in [0.25, 0.3) is 0 Å². The highest BCUT2D eigenvalue weighted by atomic mass is 32.2. The van der Waals surface area contributed by atoms with Crippen LogP contribution in [0.5, 0.6) is 5.75 Å². The maximum Gasteiger partial charge on any atom is 0.235 e. The molecule has 1 aromatic carbocycles. The summed E-state index contributed by atoms with van der Waals surface area (Å²) in [7, 11) is -0.469. The average Bonchev–Trinajstić information content (AvgIpc) is 2.79. The molecular weight excluding hydrogens is 542 g/mol. The molecule has 0 spiro atoms. The molecule has 1 aromatic rings. The number of amides is 1. The lowest BCUT2D eigenvalue weighted by atomic mass is 9.42. The van der Waals surface area contributed by atoms with Crippen molar-refractivity contribution in [1.82, 2.24) is 9.62 Å². The van der Waals surface area contributed by atoms with Crippen molar-refractivity contribution in [2.45, 2.75) is 38.3 Å². The van der Waals surface area contributed by atoms with Crippen LogP contribution >= 0.6 is 0 Å². The fraction of sp³-hybridized carbons (Fsp3) is 0.519. The smallest absolute Gasteiger partial charge is 0.235 e. The monoisotopic (exact) mass is 573 g/mol. The number of primary amides is 1. The van der Waals surface area contributed by atoms with Gasteiger partial charge in [0, 0.05) is 11.0 Å². The van der Waals surface area contributed by atoms with Gasteiger partial charge in [-0.3, -0.25) is 28.9 Å². The number of hydrogen-bond acceptors (Lipinski definition) is 10. The van der Waals surface area contributed by atoms with Gasteiger partial charge in [0.05, 0.1) is 30.3 Å². The summed E-state index contributed by atoms with van der Waals surface area (Å²) in [6.07, 6.45) is 0.837. The lowest BCUT2D eigenvalue weighted by Gasteiger charge is -2.61. The topological polar surface area (TPSA) is 201 Å². The number of nitrogens with two attached hydrogens (primary N) is 1. The predicted molar refractivity (Wildman–Crippen MR) is 140 cm³/mol. The summed E-state index contributed by atoms with van der Waals surface area (Å²) in [6.45, 7) is 2.85. The van der Waals surface area contributed by atoms with E-state index in [1.165, 1.54) is 38.1 Å². The molecule has 6 atom stereocenters. The first-order valence-corrected chi connectivity index (χ1v) is 14.3. The van der Waals surface area contributed by atoms with Crippen LogP contribution in [-0.4, -0.2) is 91.1 Å². The van der Waals surface area contributed by atoms with Gasteiger partial charge in [-0.2, -0.15) is 0 Å². The molecule has 0 bridgehead atoms. The maximum absolute atomic E-state index is 14.2. The van der Waals surface area contributed by atoms with E-state index in [0.717, 1.165) is 6.26 Å². The zero-order chi connectivity index (χ0) is 30.2. The first-order valence-electron chi connectivity index (χ1n) is 12.4. The van der Waals surface area contributed by atoms with Gasteiger partial charge in [-0.1, -0.05) is 25.7 Å². The van der Waals surface area contributed by atoms with Gasteiger partial charge in [0.1, 0.15) is 5.75 Å². The molecule has 0 saturated heterocycles. The minimum Gasteiger partial charge on any atom is -0.507 e. The van der Waals surface area contributed by atoms with Crippen LogP contribution in [0.1, 0.15) is 41.8 Å². The number of aromatic hydroxyl groups is 1. The van der Waals surface area contributed by atoms with Crippen molar-refractivity contribution >= 4 is 39.1 Å². The molecule has 40 heavy (non-hydrogen) atoms. The highest BCUT2D eigenvalue weighted by molar-refractivity contribution is 7.88. The molecule has 3 aliphatic carbocycles. The van der Waals surface area contributed by atoms with Crippen LogP contribution in [0.4, 0.5) is 0 Å². The highest BCUT2D eigenvalue weighted by Crippen LogP contribution is 2.61. The summed E-state index contributed by atoms with van der Waals surface area (Å²) < 4.78 is 24.9. The van der Waals surface area contributed by atoms with Crippen molar-refractivity contribution in [3.8, 4) is 17.6 Å². The van der Waals surface area contributed by atoms with Crippen LogP contribution in [0.2, 0.25) is 0 Å². The molecule has 0 aliphatic heterocycles. The Morgan fingerprint density at radius 2 is 1.80 bits per heavy atom. The van der Waals surface area contributed by atoms with Gasteiger partial charge in [0.2, 0.25) is 15.9 Å². The molecule has 2 fully saturated rings. The maximum atomic E-state index is 14.2. The van der Waals surface area contributed by atoms with Crippen molar-refractivity contribution in [3.05, 3.63) is 28.8 Å². The Morgan fingerprint density at radius 1 is 1.18 bits per heavy atom. The molecule has 3 aliphatic rings. The molecular formula is C27H31N3O9S. The third kappa shape index (κ3) is 4.09. The Morgan fingerprint density at radius 3 is 2.35 bits per heavy atom. The number of carbonyl (C=O) groups excluding carboxylic acids is 5. The summed E-state index contributed by atoms with van der Waals surface area (Å²) in [5.74, 6) is -4.07. The second kappa shape index (κ2) is 9.31.